The van der Waals surface area contributed by atoms with Crippen molar-refractivity contribution >= 4 is 46.5 Å². The molecule has 0 unspecified atom stereocenters. The molecule has 1 aliphatic rings. The number of rotatable bonds is 3. The summed E-state index contributed by atoms with van der Waals surface area (Å²) in [5.41, 5.74) is 2.64. The van der Waals surface area contributed by atoms with E-state index in [2.05, 4.69) is 10.00 Å². The quantitative estimate of drug-likeness (QED) is 0.455. The molecule has 0 radical (unpaired) electrons. The van der Waals surface area contributed by atoms with Crippen LogP contribution in [0.4, 0.5) is 0 Å². The summed E-state index contributed by atoms with van der Waals surface area (Å²) < 4.78 is 3.15. The molecule has 0 aliphatic carbocycles. The Bertz CT molecular complexity index is 1390. The molecule has 1 N–H and O–H groups in total. The van der Waals surface area contributed by atoms with E-state index in [9.17, 15) is 9.59 Å². The molecule has 166 valence electrons. The highest BCUT2D eigenvalue weighted by molar-refractivity contribution is 6.32. The third kappa shape index (κ3) is 4.11. The number of para-hydroxylation sites is 1. The van der Waals surface area contributed by atoms with Gasteiger partial charge in [-0.3, -0.25) is 19.6 Å². The second-order valence-corrected chi connectivity index (χ2v) is 8.61. The van der Waals surface area contributed by atoms with E-state index in [0.29, 0.717) is 46.3 Å². The summed E-state index contributed by atoms with van der Waals surface area (Å²) in [4.78, 5) is 28.5. The number of hydrogen-bond donors (Lipinski definition) is 1. The first-order valence-electron chi connectivity index (χ1n) is 10.1. The fourth-order valence-electron chi connectivity index (χ4n) is 4.25. The number of aromatic nitrogens is 3. The Kier molecular flexibility index (Phi) is 6.49. The van der Waals surface area contributed by atoms with Crippen molar-refractivity contribution in [3.8, 4) is 5.69 Å². The molecule has 0 fully saturated rings. The molecule has 2 aromatic heterocycles. The number of H-pyrrole nitrogens is 1. The van der Waals surface area contributed by atoms with Gasteiger partial charge < -0.3 is 4.57 Å². The van der Waals surface area contributed by atoms with E-state index in [1.807, 2.05) is 36.4 Å². The van der Waals surface area contributed by atoms with E-state index in [1.54, 1.807) is 16.7 Å². The second-order valence-electron chi connectivity index (χ2n) is 7.76. The minimum Gasteiger partial charge on any atom is -0.310 e. The van der Waals surface area contributed by atoms with Crippen molar-refractivity contribution in [2.75, 3.05) is 6.54 Å². The highest BCUT2D eigenvalue weighted by Crippen LogP contribution is 2.23. The van der Waals surface area contributed by atoms with Gasteiger partial charge in [-0.15, -0.1) is 12.4 Å². The summed E-state index contributed by atoms with van der Waals surface area (Å²) in [5, 5.41) is 4.77. The van der Waals surface area contributed by atoms with Gasteiger partial charge in [0, 0.05) is 37.3 Å². The van der Waals surface area contributed by atoms with E-state index < -0.39 is 0 Å². The summed E-state index contributed by atoms with van der Waals surface area (Å²) >= 11 is 12.3. The van der Waals surface area contributed by atoms with Gasteiger partial charge in [0.25, 0.3) is 11.1 Å². The molecule has 0 bridgehead atoms. The van der Waals surface area contributed by atoms with Crippen LogP contribution in [-0.4, -0.2) is 25.8 Å². The van der Waals surface area contributed by atoms with Crippen molar-refractivity contribution in [2.24, 2.45) is 0 Å². The van der Waals surface area contributed by atoms with Crippen LogP contribution in [0.1, 0.15) is 17.7 Å². The third-order valence-corrected chi connectivity index (χ3v) is 6.28. The average Bonchev–Trinajstić information content (AvgIpc) is 2.93. The molecule has 0 spiro atoms. The maximum atomic E-state index is 13.4. The molecule has 4 aromatic rings. The molecule has 0 atom stereocenters. The molecule has 1 aliphatic heterocycles. The first-order valence-corrected chi connectivity index (χ1v) is 10.9. The van der Waals surface area contributed by atoms with Crippen molar-refractivity contribution in [1.82, 2.24) is 19.2 Å². The number of halogens is 3. The van der Waals surface area contributed by atoms with Crippen molar-refractivity contribution in [2.45, 2.75) is 26.1 Å². The lowest BCUT2D eigenvalue weighted by Gasteiger charge is -2.20. The van der Waals surface area contributed by atoms with E-state index >= 15 is 0 Å². The Labute approximate surface area is 200 Å². The van der Waals surface area contributed by atoms with E-state index in [0.717, 1.165) is 24.2 Å². The molecule has 6 nitrogen and oxygen atoms in total. The second kappa shape index (κ2) is 9.16. The van der Waals surface area contributed by atoms with Gasteiger partial charge >= 0.3 is 0 Å². The van der Waals surface area contributed by atoms with Crippen molar-refractivity contribution < 1.29 is 0 Å². The van der Waals surface area contributed by atoms with Gasteiger partial charge in [0.05, 0.1) is 27.3 Å². The highest BCUT2D eigenvalue weighted by Gasteiger charge is 2.22. The van der Waals surface area contributed by atoms with Gasteiger partial charge in [-0.05, 0) is 36.2 Å². The van der Waals surface area contributed by atoms with Crippen molar-refractivity contribution in [3.63, 3.8) is 0 Å². The highest BCUT2D eigenvalue weighted by atomic mass is 35.5. The normalized spacial score (nSPS) is 14.1. The molecule has 0 saturated heterocycles. The van der Waals surface area contributed by atoms with Crippen LogP contribution in [0.15, 0.2) is 64.2 Å². The fourth-order valence-corrected chi connectivity index (χ4v) is 4.59. The predicted molar refractivity (Wildman–Crippen MR) is 131 cm³/mol. The number of nitrogens with zero attached hydrogens (tertiary/aromatic N) is 3. The van der Waals surface area contributed by atoms with Crippen molar-refractivity contribution in [3.05, 3.63) is 96.6 Å². The lowest BCUT2D eigenvalue weighted by molar-refractivity contribution is 0.262. The lowest BCUT2D eigenvalue weighted by Crippen LogP contribution is -2.27. The van der Waals surface area contributed by atoms with Gasteiger partial charge in [0.2, 0.25) is 0 Å². The summed E-state index contributed by atoms with van der Waals surface area (Å²) in [7, 11) is 0. The molecule has 5 rings (SSSR count). The van der Waals surface area contributed by atoms with Gasteiger partial charge in [0.1, 0.15) is 0 Å². The van der Waals surface area contributed by atoms with E-state index in [1.165, 1.54) is 10.7 Å². The summed E-state index contributed by atoms with van der Waals surface area (Å²) in [6, 6.07) is 16.4. The zero-order chi connectivity index (χ0) is 21.5. The Hall–Kier alpha value is -2.51. The minimum absolute atomic E-state index is 0. The number of aromatic amines is 1. The minimum atomic E-state index is -0.208. The average molecular weight is 492 g/mol. The molecule has 2 aromatic carbocycles. The van der Waals surface area contributed by atoms with Crippen LogP contribution in [0.25, 0.3) is 16.6 Å². The van der Waals surface area contributed by atoms with E-state index in [-0.39, 0.29) is 23.5 Å². The topological polar surface area (TPSA) is 63.0 Å². The molecular formula is C23H21Cl3N4O2. The monoisotopic (exact) mass is 490 g/mol. The lowest BCUT2D eigenvalue weighted by atomic mass is 10.2. The van der Waals surface area contributed by atoms with Crippen LogP contribution in [0.2, 0.25) is 10.0 Å². The Morgan fingerprint density at radius 3 is 2.47 bits per heavy atom. The van der Waals surface area contributed by atoms with Gasteiger partial charge in [-0.25, -0.2) is 4.68 Å². The number of nitrogens with one attached hydrogen (secondary N) is 1. The zero-order valence-electron chi connectivity index (χ0n) is 17.1. The van der Waals surface area contributed by atoms with Crippen LogP contribution in [0.5, 0.6) is 0 Å². The summed E-state index contributed by atoms with van der Waals surface area (Å²) in [6.07, 6.45) is 0.829. The molecular weight excluding hydrogens is 471 g/mol. The molecule has 0 amide bonds. The first-order chi connectivity index (χ1) is 15.0. The van der Waals surface area contributed by atoms with Crippen molar-refractivity contribution in [1.29, 1.82) is 0 Å². The van der Waals surface area contributed by atoms with Crippen LogP contribution >= 0.6 is 35.6 Å². The fraction of sp³-hybridized carbons (Fsp3) is 0.217. The first kappa shape index (κ1) is 22.7. The third-order valence-electron chi connectivity index (χ3n) is 5.71. The number of hydrogen-bond acceptors (Lipinski definition) is 3. The summed E-state index contributed by atoms with van der Waals surface area (Å²) in [6.45, 7) is 2.63. The molecule has 9 heteroatoms. The predicted octanol–water partition coefficient (Wildman–Crippen LogP) is 4.62. The molecule has 32 heavy (non-hydrogen) atoms. The van der Waals surface area contributed by atoms with Crippen LogP contribution in [0.3, 0.4) is 0 Å². The number of pyridine rings is 1. The Balaban J connectivity index is 0.00000245. The van der Waals surface area contributed by atoms with Crippen LogP contribution in [0, 0.1) is 0 Å². The Morgan fingerprint density at radius 2 is 1.72 bits per heavy atom. The SMILES string of the molecule is Cl.O=c1c2c3n(c(=O)cc2[nH]n1-c1ccccc1Cl)CCCN(Cc1ccc(Cl)cc1)C3. The number of fused-ring (bicyclic) bond motifs is 3. The van der Waals surface area contributed by atoms with E-state index in [4.69, 9.17) is 23.2 Å². The maximum absolute atomic E-state index is 13.4. The zero-order valence-corrected chi connectivity index (χ0v) is 19.4. The van der Waals surface area contributed by atoms with Gasteiger partial charge in [-0.2, -0.15) is 0 Å². The van der Waals surface area contributed by atoms with Crippen LogP contribution in [-0.2, 0) is 19.6 Å². The standard InChI is InChI=1S/C23H20Cl2N4O2.ClH/c24-16-8-6-15(7-9-16)13-27-10-3-11-28-20(14-27)22-18(12-21(28)30)26-29(23(22)31)19-5-2-1-4-17(19)25;/h1-2,4-9,12,26H,3,10-11,13-14H2;1H. The smallest absolute Gasteiger partial charge is 0.280 e. The summed E-state index contributed by atoms with van der Waals surface area (Å²) in [5.74, 6) is 0. The largest absolute Gasteiger partial charge is 0.310 e. The van der Waals surface area contributed by atoms with Gasteiger partial charge in [0.15, 0.2) is 0 Å². The Morgan fingerprint density at radius 1 is 0.969 bits per heavy atom. The molecule has 0 saturated carbocycles. The molecule has 3 heterocycles. The van der Waals surface area contributed by atoms with Crippen LogP contribution < -0.4 is 11.1 Å². The number of benzene rings is 2. The van der Waals surface area contributed by atoms with Gasteiger partial charge in [-0.1, -0.05) is 47.5 Å². The maximum Gasteiger partial charge on any atom is 0.280 e.